The molecule has 0 radical (unpaired) electrons. The maximum atomic E-state index is 12.0. The van der Waals surface area contributed by atoms with Gasteiger partial charge in [0.2, 0.25) is 0 Å². The highest BCUT2D eigenvalue weighted by molar-refractivity contribution is 5.09. The first-order valence-corrected chi connectivity index (χ1v) is 4.27. The van der Waals surface area contributed by atoms with Crippen LogP contribution in [0.5, 0.6) is 0 Å². The minimum absolute atomic E-state index is 0.421. The van der Waals surface area contributed by atoms with E-state index in [0.29, 0.717) is 12.1 Å². The van der Waals surface area contributed by atoms with Crippen LogP contribution in [0.4, 0.5) is 13.2 Å². The van der Waals surface area contributed by atoms with Gasteiger partial charge >= 0.3 is 6.18 Å². The molecule has 0 unspecified atom stereocenters. The number of rotatable bonds is 3. The van der Waals surface area contributed by atoms with Crippen LogP contribution in [0.25, 0.3) is 0 Å². The van der Waals surface area contributed by atoms with Gasteiger partial charge in [-0.1, -0.05) is 0 Å². The molecule has 1 atom stereocenters. The Morgan fingerprint density at radius 1 is 1.57 bits per heavy atom. The molecule has 0 amide bonds. The summed E-state index contributed by atoms with van der Waals surface area (Å²) in [6.07, 6.45) is -2.33. The highest BCUT2D eigenvalue weighted by atomic mass is 19.4. The smallest absolute Gasteiger partial charge is 0.324 e. The molecule has 0 aromatic carbocycles. The summed E-state index contributed by atoms with van der Waals surface area (Å²) in [6, 6.07) is -1.02. The van der Waals surface area contributed by atoms with Gasteiger partial charge in [-0.15, -0.1) is 0 Å². The number of alkyl halides is 3. The average Bonchev–Trinajstić information content (AvgIpc) is 2.48. The van der Waals surface area contributed by atoms with Gasteiger partial charge in [0.05, 0.1) is 12.6 Å². The van der Waals surface area contributed by atoms with E-state index in [0.717, 1.165) is 0 Å². The largest absolute Gasteiger partial charge is 0.390 e. The van der Waals surface area contributed by atoms with Gasteiger partial charge < -0.3 is 5.73 Å². The summed E-state index contributed by atoms with van der Waals surface area (Å²) in [5.41, 5.74) is 5.80. The second kappa shape index (κ2) is 4.00. The molecule has 1 heterocycles. The van der Waals surface area contributed by atoms with Crippen LogP contribution in [0.3, 0.4) is 0 Å². The number of halogens is 3. The molecule has 80 valence electrons. The number of hydrogen-bond acceptors (Lipinski definition) is 2. The molecule has 3 nitrogen and oxygen atoms in total. The highest BCUT2D eigenvalue weighted by Crippen LogP contribution is 2.27. The Hall–Kier alpha value is -1.04. The standard InChI is InChI=1S/C8H12F3N3/c1-2-14-5-6(4-13-14)7(12)3-8(9,10)11/h4-5,7H,2-3,12H2,1H3/t7-/m1/s1. The Labute approximate surface area is 79.7 Å². The minimum Gasteiger partial charge on any atom is -0.324 e. The lowest BCUT2D eigenvalue weighted by atomic mass is 10.1. The SMILES string of the molecule is CCn1cc([C@H](N)CC(F)(F)F)cn1. The summed E-state index contributed by atoms with van der Waals surface area (Å²) in [5, 5.41) is 3.86. The monoisotopic (exact) mass is 207 g/mol. The number of nitrogens with two attached hydrogens (primary N) is 1. The molecule has 0 saturated carbocycles. The van der Waals surface area contributed by atoms with Gasteiger partial charge in [0.1, 0.15) is 0 Å². The van der Waals surface area contributed by atoms with Crippen LogP contribution in [0.2, 0.25) is 0 Å². The molecule has 0 aliphatic rings. The van der Waals surface area contributed by atoms with E-state index in [-0.39, 0.29) is 0 Å². The zero-order valence-electron chi connectivity index (χ0n) is 7.75. The molecular weight excluding hydrogens is 195 g/mol. The first kappa shape index (κ1) is 11.0. The van der Waals surface area contributed by atoms with E-state index in [1.165, 1.54) is 12.4 Å². The van der Waals surface area contributed by atoms with Crippen molar-refractivity contribution in [3.63, 3.8) is 0 Å². The van der Waals surface area contributed by atoms with Gasteiger partial charge in [-0.25, -0.2) is 0 Å². The maximum Gasteiger partial charge on any atom is 0.390 e. The van der Waals surface area contributed by atoms with E-state index in [4.69, 9.17) is 5.73 Å². The zero-order chi connectivity index (χ0) is 10.8. The number of aromatic nitrogens is 2. The normalized spacial score (nSPS) is 14.4. The van der Waals surface area contributed by atoms with Crippen LogP contribution in [-0.2, 0) is 6.54 Å². The van der Waals surface area contributed by atoms with Crippen molar-refractivity contribution in [3.8, 4) is 0 Å². The van der Waals surface area contributed by atoms with E-state index in [2.05, 4.69) is 5.10 Å². The Balaban J connectivity index is 2.65. The van der Waals surface area contributed by atoms with Crippen molar-refractivity contribution in [3.05, 3.63) is 18.0 Å². The summed E-state index contributed by atoms with van der Waals surface area (Å²) in [7, 11) is 0. The minimum atomic E-state index is -4.23. The highest BCUT2D eigenvalue weighted by Gasteiger charge is 2.31. The van der Waals surface area contributed by atoms with Crippen molar-refractivity contribution < 1.29 is 13.2 Å². The summed E-state index contributed by atoms with van der Waals surface area (Å²) in [6.45, 7) is 2.48. The fraction of sp³-hybridized carbons (Fsp3) is 0.625. The molecule has 0 aliphatic heterocycles. The molecule has 6 heteroatoms. The van der Waals surface area contributed by atoms with Crippen LogP contribution in [0.15, 0.2) is 12.4 Å². The van der Waals surface area contributed by atoms with Gasteiger partial charge in [-0.2, -0.15) is 18.3 Å². The quantitative estimate of drug-likeness (QED) is 0.822. The predicted molar refractivity (Wildman–Crippen MR) is 45.5 cm³/mol. The van der Waals surface area contributed by atoms with Crippen LogP contribution >= 0.6 is 0 Å². The van der Waals surface area contributed by atoms with Crippen molar-refractivity contribution in [2.75, 3.05) is 0 Å². The van der Waals surface area contributed by atoms with Crippen molar-refractivity contribution in [2.45, 2.75) is 32.1 Å². The lowest BCUT2D eigenvalue weighted by Gasteiger charge is -2.11. The average molecular weight is 207 g/mol. The third-order valence-corrected chi connectivity index (χ3v) is 1.86. The van der Waals surface area contributed by atoms with Crippen LogP contribution in [-0.4, -0.2) is 16.0 Å². The van der Waals surface area contributed by atoms with Gasteiger partial charge in [-0.05, 0) is 6.92 Å². The molecule has 0 bridgehead atoms. The van der Waals surface area contributed by atoms with Gasteiger partial charge in [0, 0.05) is 24.3 Å². The third kappa shape index (κ3) is 3.02. The predicted octanol–water partition coefficient (Wildman–Crippen LogP) is 1.86. The molecule has 1 rings (SSSR count). The van der Waals surface area contributed by atoms with E-state index >= 15 is 0 Å². The van der Waals surface area contributed by atoms with Crippen LogP contribution in [0.1, 0.15) is 24.9 Å². The Morgan fingerprint density at radius 3 is 2.64 bits per heavy atom. The Bertz CT molecular complexity index is 292. The van der Waals surface area contributed by atoms with Crippen molar-refractivity contribution in [1.82, 2.24) is 9.78 Å². The second-order valence-electron chi connectivity index (χ2n) is 3.06. The van der Waals surface area contributed by atoms with Gasteiger partial charge in [0.15, 0.2) is 0 Å². The van der Waals surface area contributed by atoms with Crippen molar-refractivity contribution >= 4 is 0 Å². The summed E-state index contributed by atoms with van der Waals surface area (Å²) in [5.74, 6) is 0. The fourth-order valence-corrected chi connectivity index (χ4v) is 1.11. The third-order valence-electron chi connectivity index (χ3n) is 1.86. The van der Waals surface area contributed by atoms with E-state index in [1.54, 1.807) is 4.68 Å². The van der Waals surface area contributed by atoms with Crippen molar-refractivity contribution in [2.24, 2.45) is 5.73 Å². The van der Waals surface area contributed by atoms with E-state index < -0.39 is 18.6 Å². The fourth-order valence-electron chi connectivity index (χ4n) is 1.11. The van der Waals surface area contributed by atoms with E-state index in [1.807, 2.05) is 6.92 Å². The zero-order valence-corrected chi connectivity index (χ0v) is 7.75. The number of nitrogens with zero attached hydrogens (tertiary/aromatic N) is 2. The van der Waals surface area contributed by atoms with Crippen LogP contribution < -0.4 is 5.73 Å². The topological polar surface area (TPSA) is 43.8 Å². The molecule has 0 fully saturated rings. The Morgan fingerprint density at radius 2 is 2.21 bits per heavy atom. The van der Waals surface area contributed by atoms with Crippen molar-refractivity contribution in [1.29, 1.82) is 0 Å². The molecule has 2 N–H and O–H groups in total. The maximum absolute atomic E-state index is 12.0. The molecule has 0 spiro atoms. The summed E-state index contributed by atoms with van der Waals surface area (Å²) in [4.78, 5) is 0. The molecular formula is C8H12F3N3. The summed E-state index contributed by atoms with van der Waals surface area (Å²) >= 11 is 0. The lowest BCUT2D eigenvalue weighted by molar-refractivity contribution is -0.138. The number of hydrogen-bond donors (Lipinski definition) is 1. The number of aryl methyl sites for hydroxylation is 1. The summed E-state index contributed by atoms with van der Waals surface area (Å²) < 4.78 is 37.5. The van der Waals surface area contributed by atoms with E-state index in [9.17, 15) is 13.2 Å². The Kier molecular flexibility index (Phi) is 3.15. The lowest BCUT2D eigenvalue weighted by Crippen LogP contribution is -2.19. The first-order chi connectivity index (χ1) is 6.42. The molecule has 0 saturated heterocycles. The first-order valence-electron chi connectivity index (χ1n) is 4.27. The molecule has 1 aromatic heterocycles. The molecule has 0 aliphatic carbocycles. The van der Waals surface area contributed by atoms with Crippen LogP contribution in [0, 0.1) is 0 Å². The van der Waals surface area contributed by atoms with Gasteiger partial charge in [0.25, 0.3) is 0 Å². The molecule has 14 heavy (non-hydrogen) atoms. The molecule has 1 aromatic rings. The second-order valence-corrected chi connectivity index (χ2v) is 3.06. The van der Waals surface area contributed by atoms with Gasteiger partial charge in [-0.3, -0.25) is 4.68 Å².